The number of nitrogens with zero attached hydrogens (tertiary/aromatic N) is 2. The smallest absolute Gasteiger partial charge is 0.272 e. The lowest BCUT2D eigenvalue weighted by Gasteiger charge is -2.14. The summed E-state index contributed by atoms with van der Waals surface area (Å²) in [4.78, 5) is 16.0. The second-order valence-corrected chi connectivity index (χ2v) is 6.66. The van der Waals surface area contributed by atoms with Crippen LogP contribution in [0.4, 0.5) is 0 Å². The monoisotopic (exact) mass is 368 g/mol. The molecule has 0 saturated carbocycles. The lowest BCUT2D eigenvalue weighted by Crippen LogP contribution is -2.27. The fourth-order valence-corrected chi connectivity index (χ4v) is 3.59. The van der Waals surface area contributed by atoms with Crippen molar-refractivity contribution in [1.29, 1.82) is 0 Å². The van der Waals surface area contributed by atoms with Gasteiger partial charge in [0.1, 0.15) is 0 Å². The Balaban J connectivity index is 1.44. The van der Waals surface area contributed by atoms with Crippen LogP contribution in [-0.4, -0.2) is 47.5 Å². The molecule has 27 heavy (non-hydrogen) atoms. The van der Waals surface area contributed by atoms with Gasteiger partial charge in [0.05, 0.1) is 26.4 Å². The summed E-state index contributed by atoms with van der Waals surface area (Å²) in [6, 6.07) is 8.18. The Morgan fingerprint density at radius 1 is 1.41 bits per heavy atom. The van der Waals surface area contributed by atoms with E-state index < -0.39 is 0 Å². The number of benzene rings is 1. The summed E-state index contributed by atoms with van der Waals surface area (Å²) in [5, 5.41) is 8.74. The van der Waals surface area contributed by atoms with E-state index in [1.807, 2.05) is 23.0 Å². The number of rotatable bonds is 7. The van der Waals surface area contributed by atoms with E-state index in [0.29, 0.717) is 38.6 Å². The zero-order valence-electron chi connectivity index (χ0n) is 15.5. The van der Waals surface area contributed by atoms with E-state index in [9.17, 15) is 4.79 Å². The lowest BCUT2D eigenvalue weighted by molar-refractivity contribution is 0.0925. The van der Waals surface area contributed by atoms with Crippen molar-refractivity contribution in [3.8, 4) is 0 Å². The Hall–Kier alpha value is -2.64. The number of ether oxygens (including phenoxy) is 2. The standard InChI is InChI=1S/C20H24N4O3/c1-26-11-9-24-18-7-10-27-13-16(18)19(23-24)20(25)21-8-6-14-12-22-17-5-3-2-4-15(14)17/h2-5,12,22H,6-11,13H2,1H3,(H,21,25). The first-order valence-electron chi connectivity index (χ1n) is 9.26. The first kappa shape index (κ1) is 17.8. The number of carbonyl (C=O) groups is 1. The van der Waals surface area contributed by atoms with Crippen molar-refractivity contribution in [2.24, 2.45) is 0 Å². The minimum atomic E-state index is -0.146. The van der Waals surface area contributed by atoms with Gasteiger partial charge in [-0.25, -0.2) is 0 Å². The highest BCUT2D eigenvalue weighted by molar-refractivity contribution is 5.94. The molecule has 2 aromatic heterocycles. The first-order chi connectivity index (χ1) is 13.3. The van der Waals surface area contributed by atoms with E-state index in [4.69, 9.17) is 9.47 Å². The average molecular weight is 368 g/mol. The zero-order chi connectivity index (χ0) is 18.6. The Bertz CT molecular complexity index is 944. The van der Waals surface area contributed by atoms with Crippen molar-refractivity contribution >= 4 is 16.8 Å². The van der Waals surface area contributed by atoms with Crippen LogP contribution >= 0.6 is 0 Å². The van der Waals surface area contributed by atoms with Crippen molar-refractivity contribution in [3.63, 3.8) is 0 Å². The van der Waals surface area contributed by atoms with Crippen LogP contribution in [0, 0.1) is 0 Å². The number of fused-ring (bicyclic) bond motifs is 2. The maximum atomic E-state index is 12.7. The van der Waals surface area contributed by atoms with Gasteiger partial charge in [-0.05, 0) is 18.1 Å². The molecule has 7 heteroatoms. The van der Waals surface area contributed by atoms with Gasteiger partial charge in [-0.3, -0.25) is 9.48 Å². The van der Waals surface area contributed by atoms with Gasteiger partial charge in [0, 0.05) is 48.4 Å². The van der Waals surface area contributed by atoms with Gasteiger partial charge >= 0.3 is 0 Å². The van der Waals surface area contributed by atoms with Crippen LogP contribution in [0.25, 0.3) is 10.9 Å². The van der Waals surface area contributed by atoms with Crippen LogP contribution in [-0.2, 0) is 35.5 Å². The van der Waals surface area contributed by atoms with E-state index in [-0.39, 0.29) is 5.91 Å². The lowest BCUT2D eigenvalue weighted by atomic mass is 10.1. The topological polar surface area (TPSA) is 81.2 Å². The summed E-state index contributed by atoms with van der Waals surface area (Å²) < 4.78 is 12.6. The minimum absolute atomic E-state index is 0.146. The maximum Gasteiger partial charge on any atom is 0.272 e. The van der Waals surface area contributed by atoms with Gasteiger partial charge in [-0.2, -0.15) is 5.10 Å². The second-order valence-electron chi connectivity index (χ2n) is 6.66. The fraction of sp³-hybridized carbons (Fsp3) is 0.400. The van der Waals surface area contributed by atoms with Crippen LogP contribution in [0.2, 0.25) is 0 Å². The molecular weight excluding hydrogens is 344 g/mol. The van der Waals surface area contributed by atoms with Gasteiger partial charge in [-0.15, -0.1) is 0 Å². The molecule has 7 nitrogen and oxygen atoms in total. The second kappa shape index (κ2) is 7.94. The van der Waals surface area contributed by atoms with Crippen LogP contribution in [0.15, 0.2) is 30.5 Å². The Morgan fingerprint density at radius 2 is 2.30 bits per heavy atom. The largest absolute Gasteiger partial charge is 0.383 e. The molecule has 3 aromatic rings. The van der Waals surface area contributed by atoms with E-state index >= 15 is 0 Å². The van der Waals surface area contributed by atoms with Crippen LogP contribution in [0.1, 0.15) is 27.3 Å². The highest BCUT2D eigenvalue weighted by Crippen LogP contribution is 2.21. The van der Waals surface area contributed by atoms with Gasteiger partial charge in [0.25, 0.3) is 5.91 Å². The summed E-state index contributed by atoms with van der Waals surface area (Å²) in [6.07, 6.45) is 3.54. The number of aromatic nitrogens is 3. The van der Waals surface area contributed by atoms with Crippen molar-refractivity contribution < 1.29 is 14.3 Å². The molecule has 4 rings (SSSR count). The molecule has 1 aromatic carbocycles. The number of hydrogen-bond acceptors (Lipinski definition) is 4. The molecule has 0 fully saturated rings. The molecule has 0 radical (unpaired) electrons. The van der Waals surface area contributed by atoms with Gasteiger partial charge in [0.2, 0.25) is 0 Å². The number of amides is 1. The Morgan fingerprint density at radius 3 is 3.19 bits per heavy atom. The molecule has 0 spiro atoms. The van der Waals surface area contributed by atoms with Gasteiger partial charge < -0.3 is 19.8 Å². The van der Waals surface area contributed by atoms with E-state index in [2.05, 4.69) is 27.5 Å². The SMILES string of the molecule is COCCn1nc(C(=O)NCCc2c[nH]c3ccccc23)c2c1CCOC2. The summed E-state index contributed by atoms with van der Waals surface area (Å²) in [5.74, 6) is -0.146. The zero-order valence-corrected chi connectivity index (χ0v) is 15.5. The van der Waals surface area contributed by atoms with E-state index in [0.717, 1.165) is 29.6 Å². The molecule has 1 aliphatic rings. The van der Waals surface area contributed by atoms with Crippen LogP contribution in [0.5, 0.6) is 0 Å². The highest BCUT2D eigenvalue weighted by Gasteiger charge is 2.25. The predicted octanol–water partition coefficient (Wildman–Crippen LogP) is 2.06. The third-order valence-corrected chi connectivity index (χ3v) is 4.97. The molecule has 0 atom stereocenters. The number of H-pyrrole nitrogens is 1. The van der Waals surface area contributed by atoms with Gasteiger partial charge in [0.15, 0.2) is 5.69 Å². The molecule has 0 unspecified atom stereocenters. The Kier molecular flexibility index (Phi) is 5.22. The molecular formula is C20H24N4O3. The van der Waals surface area contributed by atoms with Crippen LogP contribution in [0.3, 0.4) is 0 Å². The summed E-state index contributed by atoms with van der Waals surface area (Å²) in [5.41, 5.74) is 4.77. The van der Waals surface area contributed by atoms with E-state index in [1.54, 1.807) is 7.11 Å². The third-order valence-electron chi connectivity index (χ3n) is 4.97. The average Bonchev–Trinajstić information content (AvgIpc) is 3.28. The van der Waals surface area contributed by atoms with Crippen molar-refractivity contribution in [2.75, 3.05) is 26.9 Å². The molecule has 2 N–H and O–H groups in total. The molecule has 0 saturated heterocycles. The van der Waals surface area contributed by atoms with E-state index in [1.165, 1.54) is 10.9 Å². The van der Waals surface area contributed by atoms with Crippen molar-refractivity contribution in [1.82, 2.24) is 20.1 Å². The van der Waals surface area contributed by atoms with Crippen molar-refractivity contribution in [2.45, 2.75) is 26.0 Å². The van der Waals surface area contributed by atoms with Crippen LogP contribution < -0.4 is 5.32 Å². The number of para-hydroxylation sites is 1. The molecule has 0 bridgehead atoms. The number of hydrogen-bond donors (Lipinski definition) is 2. The third kappa shape index (κ3) is 3.61. The molecule has 1 amide bonds. The Labute approximate surface area is 157 Å². The maximum absolute atomic E-state index is 12.7. The fourth-order valence-electron chi connectivity index (χ4n) is 3.59. The number of nitrogens with one attached hydrogen (secondary N) is 2. The summed E-state index contributed by atoms with van der Waals surface area (Å²) in [6.45, 7) is 2.86. The molecule has 3 heterocycles. The number of aromatic amines is 1. The summed E-state index contributed by atoms with van der Waals surface area (Å²) in [7, 11) is 1.66. The molecule has 0 aliphatic carbocycles. The minimum Gasteiger partial charge on any atom is -0.383 e. The molecule has 1 aliphatic heterocycles. The normalized spacial score (nSPS) is 13.7. The first-order valence-corrected chi connectivity index (χ1v) is 9.26. The number of carbonyl (C=O) groups excluding carboxylic acids is 1. The quantitative estimate of drug-likeness (QED) is 0.669. The molecule has 142 valence electrons. The summed E-state index contributed by atoms with van der Waals surface area (Å²) >= 11 is 0. The number of methoxy groups -OCH3 is 1. The highest BCUT2D eigenvalue weighted by atomic mass is 16.5. The predicted molar refractivity (Wildman–Crippen MR) is 102 cm³/mol. The van der Waals surface area contributed by atoms with Crippen molar-refractivity contribution in [3.05, 3.63) is 53.0 Å². The van der Waals surface area contributed by atoms with Gasteiger partial charge in [-0.1, -0.05) is 18.2 Å².